The van der Waals surface area contributed by atoms with Crippen LogP contribution in [-0.2, 0) is 6.42 Å². The Labute approximate surface area is 169 Å². The summed E-state index contributed by atoms with van der Waals surface area (Å²) >= 11 is 1.88. The van der Waals surface area contributed by atoms with Crippen LogP contribution in [0.5, 0.6) is 0 Å². The van der Waals surface area contributed by atoms with Gasteiger partial charge in [-0.1, -0.05) is 51.1 Å². The van der Waals surface area contributed by atoms with E-state index >= 15 is 0 Å². The fourth-order valence-corrected chi connectivity index (χ4v) is 5.57. The number of hydrogen-bond acceptors (Lipinski definition) is 3. The van der Waals surface area contributed by atoms with E-state index in [2.05, 4.69) is 62.2 Å². The maximum atomic E-state index is 4.70. The van der Waals surface area contributed by atoms with Gasteiger partial charge in [0.2, 0.25) is 0 Å². The molecule has 2 fully saturated rings. The number of thiazole rings is 1. The quantitative estimate of drug-likeness (QED) is 0.584. The van der Waals surface area contributed by atoms with E-state index in [1.54, 1.807) is 0 Å². The normalized spacial score (nSPS) is 22.3. The molecule has 1 saturated carbocycles. The van der Waals surface area contributed by atoms with Crippen LogP contribution in [0.2, 0.25) is 0 Å². The number of hydrogen-bond donors (Lipinski definition) is 0. The zero-order valence-electron chi connectivity index (χ0n) is 17.2. The van der Waals surface area contributed by atoms with Crippen molar-refractivity contribution in [1.82, 2.24) is 9.88 Å². The van der Waals surface area contributed by atoms with E-state index in [0.29, 0.717) is 10.8 Å². The van der Waals surface area contributed by atoms with Gasteiger partial charge in [-0.25, -0.2) is 4.98 Å². The third kappa shape index (κ3) is 4.81. The summed E-state index contributed by atoms with van der Waals surface area (Å²) in [6.07, 6.45) is 10.2. The van der Waals surface area contributed by atoms with E-state index in [-0.39, 0.29) is 0 Å². The van der Waals surface area contributed by atoms with Crippen molar-refractivity contribution in [2.24, 2.45) is 16.7 Å². The lowest BCUT2D eigenvalue weighted by atomic mass is 9.88. The highest BCUT2D eigenvalue weighted by Gasteiger charge is 2.53. The minimum atomic E-state index is 0.462. The van der Waals surface area contributed by atoms with E-state index in [9.17, 15) is 0 Å². The van der Waals surface area contributed by atoms with Gasteiger partial charge < -0.3 is 4.90 Å². The molecule has 1 aliphatic carbocycles. The first-order chi connectivity index (χ1) is 12.9. The predicted molar refractivity (Wildman–Crippen MR) is 116 cm³/mol. The monoisotopic (exact) mass is 382 g/mol. The van der Waals surface area contributed by atoms with Gasteiger partial charge in [0.05, 0.1) is 9.88 Å². The summed E-state index contributed by atoms with van der Waals surface area (Å²) in [7, 11) is 0. The van der Waals surface area contributed by atoms with Crippen LogP contribution in [0.3, 0.4) is 0 Å². The maximum Gasteiger partial charge on any atom is 0.0931 e. The minimum absolute atomic E-state index is 0.462. The third-order valence-corrected chi connectivity index (χ3v) is 7.81. The van der Waals surface area contributed by atoms with Crippen LogP contribution >= 0.6 is 11.3 Å². The van der Waals surface area contributed by atoms with Gasteiger partial charge in [0.15, 0.2) is 0 Å². The van der Waals surface area contributed by atoms with Crippen LogP contribution in [0.25, 0.3) is 10.4 Å². The number of aryl methyl sites for hydroxylation is 1. The van der Waals surface area contributed by atoms with Gasteiger partial charge in [0, 0.05) is 6.20 Å². The smallest absolute Gasteiger partial charge is 0.0931 e. The molecule has 1 aromatic heterocycles. The molecule has 3 heteroatoms. The van der Waals surface area contributed by atoms with Crippen LogP contribution in [0.1, 0.15) is 57.9 Å². The van der Waals surface area contributed by atoms with Gasteiger partial charge in [-0.15, -0.1) is 11.3 Å². The van der Waals surface area contributed by atoms with Crippen LogP contribution < -0.4 is 0 Å². The molecular formula is C24H34N2S. The van der Waals surface area contributed by atoms with Crippen LogP contribution in [0, 0.1) is 16.7 Å². The van der Waals surface area contributed by atoms with Crippen LogP contribution in [0.4, 0.5) is 0 Å². The highest BCUT2D eigenvalue weighted by molar-refractivity contribution is 7.15. The summed E-state index contributed by atoms with van der Waals surface area (Å²) in [5, 5.41) is 1.32. The Morgan fingerprint density at radius 3 is 2.59 bits per heavy atom. The highest BCUT2D eigenvalue weighted by atomic mass is 32.1. The SMILES string of the molecule is CC(C)(C)CCN1CCC2(CC1)CC2CCc1ncc(-c2ccccc2)s1. The number of piperidine rings is 1. The van der Waals surface area contributed by atoms with Crippen molar-refractivity contribution in [1.29, 1.82) is 0 Å². The van der Waals surface area contributed by atoms with Crippen molar-refractivity contribution in [2.75, 3.05) is 19.6 Å². The molecule has 1 aliphatic heterocycles. The molecular weight excluding hydrogens is 348 g/mol. The van der Waals surface area contributed by atoms with Crippen LogP contribution in [-0.4, -0.2) is 29.5 Å². The zero-order chi connectivity index (χ0) is 18.9. The van der Waals surface area contributed by atoms with E-state index < -0.39 is 0 Å². The topological polar surface area (TPSA) is 16.1 Å². The third-order valence-electron chi connectivity index (χ3n) is 6.71. The molecule has 146 valence electrons. The minimum Gasteiger partial charge on any atom is -0.303 e. The van der Waals surface area contributed by atoms with Crippen molar-refractivity contribution in [3.8, 4) is 10.4 Å². The second-order valence-electron chi connectivity index (χ2n) is 9.94. The van der Waals surface area contributed by atoms with E-state index in [0.717, 1.165) is 12.3 Å². The molecule has 0 bridgehead atoms. The lowest BCUT2D eigenvalue weighted by Gasteiger charge is -2.34. The highest BCUT2D eigenvalue weighted by Crippen LogP contribution is 2.61. The Hall–Kier alpha value is -1.19. The molecule has 0 amide bonds. The Balaban J connectivity index is 1.22. The van der Waals surface area contributed by atoms with Crippen molar-refractivity contribution >= 4 is 11.3 Å². The van der Waals surface area contributed by atoms with Crippen molar-refractivity contribution < 1.29 is 0 Å². The number of aromatic nitrogens is 1. The first kappa shape index (κ1) is 19.1. The molecule has 27 heavy (non-hydrogen) atoms. The predicted octanol–water partition coefficient (Wildman–Crippen LogP) is 6.28. The van der Waals surface area contributed by atoms with Crippen molar-refractivity contribution in [3.05, 3.63) is 41.5 Å². The van der Waals surface area contributed by atoms with E-state index in [1.807, 2.05) is 11.3 Å². The Morgan fingerprint density at radius 1 is 1.15 bits per heavy atom. The van der Waals surface area contributed by atoms with Gasteiger partial charge in [0.1, 0.15) is 0 Å². The molecule has 1 saturated heterocycles. The lowest BCUT2D eigenvalue weighted by Crippen LogP contribution is -2.37. The largest absolute Gasteiger partial charge is 0.303 e. The first-order valence-corrected chi connectivity index (χ1v) is 11.5. The Morgan fingerprint density at radius 2 is 1.89 bits per heavy atom. The van der Waals surface area contributed by atoms with Crippen molar-refractivity contribution in [3.63, 3.8) is 0 Å². The number of nitrogens with zero attached hydrogens (tertiary/aromatic N) is 2. The average molecular weight is 383 g/mol. The second-order valence-corrected chi connectivity index (χ2v) is 11.1. The summed E-state index contributed by atoms with van der Waals surface area (Å²) in [4.78, 5) is 8.71. The maximum absolute atomic E-state index is 4.70. The molecule has 2 aromatic rings. The van der Waals surface area contributed by atoms with Crippen molar-refractivity contribution in [2.45, 2.75) is 59.3 Å². The summed E-state index contributed by atoms with van der Waals surface area (Å²) in [5.41, 5.74) is 2.45. The molecule has 1 atom stereocenters. The average Bonchev–Trinajstić information content (AvgIpc) is 3.11. The van der Waals surface area contributed by atoms with Gasteiger partial charge in [-0.05, 0) is 80.5 Å². The molecule has 2 aliphatic rings. The number of likely N-dealkylation sites (tertiary alicyclic amines) is 1. The molecule has 0 radical (unpaired) electrons. The standard InChI is InChI=1S/C24H34N2S/c1-23(2,3)11-14-26-15-12-24(13-16-26)17-20(24)9-10-22-25-18-21(27-22)19-7-5-4-6-8-19/h4-8,18,20H,9-17H2,1-3H3. The zero-order valence-corrected chi connectivity index (χ0v) is 18.0. The van der Waals surface area contributed by atoms with Gasteiger partial charge >= 0.3 is 0 Å². The molecule has 1 aromatic carbocycles. The molecule has 2 nitrogen and oxygen atoms in total. The summed E-state index contributed by atoms with van der Waals surface area (Å²) < 4.78 is 0. The molecule has 0 N–H and O–H groups in total. The summed E-state index contributed by atoms with van der Waals surface area (Å²) in [6, 6.07) is 10.7. The Bertz CT molecular complexity index is 735. The van der Waals surface area contributed by atoms with Gasteiger partial charge in [-0.3, -0.25) is 0 Å². The second kappa shape index (κ2) is 7.67. The first-order valence-electron chi connectivity index (χ1n) is 10.7. The molecule has 1 spiro atoms. The van der Waals surface area contributed by atoms with E-state index in [4.69, 9.17) is 4.98 Å². The lowest BCUT2D eigenvalue weighted by molar-refractivity contribution is 0.145. The van der Waals surface area contributed by atoms with Crippen LogP contribution in [0.15, 0.2) is 36.5 Å². The summed E-state index contributed by atoms with van der Waals surface area (Å²) in [5.74, 6) is 0.950. The fourth-order valence-electron chi connectivity index (χ4n) is 4.63. The number of benzene rings is 1. The van der Waals surface area contributed by atoms with Gasteiger partial charge in [-0.2, -0.15) is 0 Å². The summed E-state index contributed by atoms with van der Waals surface area (Å²) in [6.45, 7) is 11.0. The fraction of sp³-hybridized carbons (Fsp3) is 0.625. The molecule has 2 heterocycles. The molecule has 1 unspecified atom stereocenters. The Kier molecular flexibility index (Phi) is 5.44. The molecule has 4 rings (SSSR count). The van der Waals surface area contributed by atoms with E-state index in [1.165, 1.54) is 67.2 Å². The van der Waals surface area contributed by atoms with Gasteiger partial charge in [0.25, 0.3) is 0 Å². The number of rotatable bonds is 6.